The van der Waals surface area contributed by atoms with Crippen LogP contribution in [-0.2, 0) is 0 Å². The van der Waals surface area contributed by atoms with Gasteiger partial charge in [0.05, 0.1) is 0 Å². The molecule has 0 N–H and O–H groups in total. The van der Waals surface area contributed by atoms with Crippen molar-refractivity contribution in [1.29, 1.82) is 0 Å². The number of aromatic nitrogens is 2. The Morgan fingerprint density at radius 1 is 1.05 bits per heavy atom. The Hall–Kier alpha value is -1.32. The lowest BCUT2D eigenvalue weighted by Crippen LogP contribution is -2.02. The molecule has 0 aliphatic rings. The van der Waals surface area contributed by atoms with Gasteiger partial charge in [-0.25, -0.2) is 4.98 Å². The van der Waals surface area contributed by atoms with E-state index in [9.17, 15) is 0 Å². The number of halogens is 2. The van der Waals surface area contributed by atoms with Gasteiger partial charge in [-0.1, -0.05) is 37.0 Å². The van der Waals surface area contributed by atoms with Crippen molar-refractivity contribution in [2.24, 2.45) is 0 Å². The molecular weight excluding hydrogens is 283 g/mol. The van der Waals surface area contributed by atoms with Crippen molar-refractivity contribution in [2.75, 3.05) is 0 Å². The highest BCUT2D eigenvalue weighted by Crippen LogP contribution is 2.29. The van der Waals surface area contributed by atoms with Crippen molar-refractivity contribution in [3.05, 3.63) is 45.8 Å². The summed E-state index contributed by atoms with van der Waals surface area (Å²) in [5.41, 5.74) is 0.723. The van der Waals surface area contributed by atoms with E-state index in [1.54, 1.807) is 24.3 Å². The Kier molecular flexibility index (Phi) is 4.27. The van der Waals surface area contributed by atoms with E-state index in [4.69, 9.17) is 27.9 Å². The summed E-state index contributed by atoms with van der Waals surface area (Å²) < 4.78 is 5.74. The lowest BCUT2D eigenvalue weighted by atomic mass is 10.2. The number of hydrogen-bond acceptors (Lipinski definition) is 3. The summed E-state index contributed by atoms with van der Waals surface area (Å²) in [6, 6.07) is 7.09. The molecule has 2 aromatic rings. The summed E-state index contributed by atoms with van der Waals surface area (Å²) in [5.74, 6) is 1.99. The molecule has 1 heterocycles. The maximum absolute atomic E-state index is 6.10. The van der Waals surface area contributed by atoms with Crippen molar-refractivity contribution in [3.8, 4) is 11.6 Å². The SMILES string of the molecule is Cc1c(Cl)nc(C(C)C)nc1Oc1ccc(Cl)cc1. The monoisotopic (exact) mass is 296 g/mol. The second-order valence-corrected chi connectivity index (χ2v) is 5.31. The first-order valence-corrected chi connectivity index (χ1v) is 6.70. The van der Waals surface area contributed by atoms with Crippen LogP contribution in [0, 0.1) is 6.92 Å². The molecule has 0 radical (unpaired) electrons. The Morgan fingerprint density at radius 3 is 2.26 bits per heavy atom. The molecule has 5 heteroatoms. The van der Waals surface area contributed by atoms with Crippen molar-refractivity contribution >= 4 is 23.2 Å². The molecule has 0 saturated heterocycles. The zero-order valence-corrected chi connectivity index (χ0v) is 12.5. The van der Waals surface area contributed by atoms with E-state index >= 15 is 0 Å². The van der Waals surface area contributed by atoms with E-state index in [1.807, 2.05) is 20.8 Å². The summed E-state index contributed by atoms with van der Waals surface area (Å²) >= 11 is 11.9. The largest absolute Gasteiger partial charge is 0.439 e. The Bertz CT molecular complexity index is 583. The van der Waals surface area contributed by atoms with Crippen LogP contribution in [0.15, 0.2) is 24.3 Å². The van der Waals surface area contributed by atoms with Gasteiger partial charge < -0.3 is 4.74 Å². The number of hydrogen-bond donors (Lipinski definition) is 0. The zero-order chi connectivity index (χ0) is 14.0. The van der Waals surface area contributed by atoms with Crippen LogP contribution in [0.4, 0.5) is 0 Å². The molecule has 0 aliphatic heterocycles. The fourth-order valence-corrected chi connectivity index (χ4v) is 1.75. The Balaban J connectivity index is 2.36. The Morgan fingerprint density at radius 2 is 1.68 bits per heavy atom. The first-order valence-electron chi connectivity index (χ1n) is 5.95. The van der Waals surface area contributed by atoms with E-state index < -0.39 is 0 Å². The topological polar surface area (TPSA) is 35.0 Å². The van der Waals surface area contributed by atoms with Gasteiger partial charge in [-0.2, -0.15) is 4.98 Å². The first kappa shape index (κ1) is 14.1. The third-order valence-corrected chi connectivity index (χ3v) is 3.22. The van der Waals surface area contributed by atoms with Gasteiger partial charge in [0.1, 0.15) is 16.7 Å². The number of nitrogens with zero attached hydrogens (tertiary/aromatic N) is 2. The average molecular weight is 297 g/mol. The number of benzene rings is 1. The van der Waals surface area contributed by atoms with Crippen LogP contribution in [0.3, 0.4) is 0 Å². The van der Waals surface area contributed by atoms with Gasteiger partial charge in [-0.15, -0.1) is 0 Å². The van der Waals surface area contributed by atoms with E-state index in [-0.39, 0.29) is 5.92 Å². The van der Waals surface area contributed by atoms with E-state index in [0.29, 0.717) is 27.6 Å². The molecule has 0 aliphatic carbocycles. The molecule has 0 fully saturated rings. The second kappa shape index (κ2) is 5.76. The molecule has 0 unspecified atom stereocenters. The van der Waals surface area contributed by atoms with Crippen molar-refractivity contribution in [2.45, 2.75) is 26.7 Å². The highest BCUT2D eigenvalue weighted by molar-refractivity contribution is 6.30. The fourth-order valence-electron chi connectivity index (χ4n) is 1.46. The predicted octanol–water partition coefficient (Wildman–Crippen LogP) is 5.01. The number of ether oxygens (including phenoxy) is 1. The summed E-state index contributed by atoms with van der Waals surface area (Å²) in [7, 11) is 0. The Labute approximate surface area is 122 Å². The van der Waals surface area contributed by atoms with Crippen molar-refractivity contribution < 1.29 is 4.74 Å². The molecule has 0 spiro atoms. The minimum absolute atomic E-state index is 0.186. The van der Waals surface area contributed by atoms with Crippen LogP contribution in [0.5, 0.6) is 11.6 Å². The fraction of sp³-hybridized carbons (Fsp3) is 0.286. The molecule has 1 aromatic carbocycles. The van der Waals surface area contributed by atoms with Gasteiger partial charge in [0.15, 0.2) is 0 Å². The molecular formula is C14H14Cl2N2O. The minimum Gasteiger partial charge on any atom is -0.439 e. The van der Waals surface area contributed by atoms with Crippen LogP contribution in [0.2, 0.25) is 10.2 Å². The van der Waals surface area contributed by atoms with Crippen LogP contribution in [0.25, 0.3) is 0 Å². The summed E-state index contributed by atoms with van der Waals surface area (Å²) in [6.45, 7) is 5.85. The maximum atomic E-state index is 6.10. The van der Waals surface area contributed by atoms with Crippen molar-refractivity contribution in [3.63, 3.8) is 0 Å². The molecule has 0 atom stereocenters. The molecule has 0 saturated carbocycles. The smallest absolute Gasteiger partial charge is 0.226 e. The lowest BCUT2D eigenvalue weighted by Gasteiger charge is -2.12. The molecule has 2 rings (SSSR count). The third kappa shape index (κ3) is 3.37. The van der Waals surface area contributed by atoms with Gasteiger partial charge >= 0.3 is 0 Å². The normalized spacial score (nSPS) is 10.8. The first-order chi connectivity index (χ1) is 8.97. The average Bonchev–Trinajstić information content (AvgIpc) is 2.37. The molecule has 1 aromatic heterocycles. The molecule has 3 nitrogen and oxygen atoms in total. The van der Waals surface area contributed by atoms with Crippen LogP contribution < -0.4 is 4.74 Å². The van der Waals surface area contributed by atoms with Gasteiger partial charge in [0.25, 0.3) is 0 Å². The minimum atomic E-state index is 0.186. The van der Waals surface area contributed by atoms with Crippen molar-refractivity contribution in [1.82, 2.24) is 9.97 Å². The van der Waals surface area contributed by atoms with Crippen LogP contribution in [-0.4, -0.2) is 9.97 Å². The third-order valence-electron chi connectivity index (χ3n) is 2.60. The maximum Gasteiger partial charge on any atom is 0.226 e. The molecule has 0 amide bonds. The molecule has 100 valence electrons. The molecule has 19 heavy (non-hydrogen) atoms. The zero-order valence-electron chi connectivity index (χ0n) is 10.9. The molecule has 0 bridgehead atoms. The summed E-state index contributed by atoms with van der Waals surface area (Å²) in [4.78, 5) is 8.64. The quantitative estimate of drug-likeness (QED) is 0.747. The van der Waals surface area contributed by atoms with E-state index in [1.165, 1.54) is 0 Å². The van der Waals surface area contributed by atoms with Gasteiger partial charge in [-0.05, 0) is 31.2 Å². The highest BCUT2D eigenvalue weighted by atomic mass is 35.5. The standard InChI is InChI=1S/C14H14Cl2N2O/c1-8(2)13-17-12(16)9(3)14(18-13)19-11-6-4-10(15)5-7-11/h4-8H,1-3H3. The van der Waals surface area contributed by atoms with E-state index in [0.717, 1.165) is 5.56 Å². The second-order valence-electron chi connectivity index (χ2n) is 4.51. The summed E-state index contributed by atoms with van der Waals surface area (Å²) in [5, 5.41) is 1.08. The van der Waals surface area contributed by atoms with Crippen LogP contribution in [0.1, 0.15) is 31.2 Å². The van der Waals surface area contributed by atoms with Gasteiger partial charge in [0.2, 0.25) is 5.88 Å². The van der Waals surface area contributed by atoms with E-state index in [2.05, 4.69) is 9.97 Å². The predicted molar refractivity (Wildman–Crippen MR) is 77.4 cm³/mol. The van der Waals surface area contributed by atoms with Crippen LogP contribution >= 0.6 is 23.2 Å². The summed E-state index contributed by atoms with van der Waals surface area (Å²) in [6.07, 6.45) is 0. The lowest BCUT2D eigenvalue weighted by molar-refractivity contribution is 0.452. The van der Waals surface area contributed by atoms with Gasteiger partial charge in [-0.3, -0.25) is 0 Å². The highest BCUT2D eigenvalue weighted by Gasteiger charge is 2.13. The van der Waals surface area contributed by atoms with Gasteiger partial charge in [0, 0.05) is 16.5 Å². The number of rotatable bonds is 3.